The van der Waals surface area contributed by atoms with Crippen LogP contribution >= 0.6 is 0 Å². The van der Waals surface area contributed by atoms with Crippen LogP contribution in [0.4, 0.5) is 5.69 Å². The SMILES string of the molecule is O=C(O)c1ccc(NC2CCC3(CCCC3)CC2)cc1. The molecule has 3 rings (SSSR count). The van der Waals surface area contributed by atoms with E-state index in [9.17, 15) is 4.79 Å². The van der Waals surface area contributed by atoms with Gasteiger partial charge in [-0.2, -0.15) is 0 Å². The maximum Gasteiger partial charge on any atom is 0.335 e. The van der Waals surface area contributed by atoms with Gasteiger partial charge < -0.3 is 10.4 Å². The van der Waals surface area contributed by atoms with Gasteiger partial charge in [-0.05, 0) is 68.2 Å². The van der Waals surface area contributed by atoms with Crippen molar-refractivity contribution in [1.29, 1.82) is 0 Å². The van der Waals surface area contributed by atoms with Gasteiger partial charge in [-0.25, -0.2) is 4.79 Å². The summed E-state index contributed by atoms with van der Waals surface area (Å²) in [4.78, 5) is 10.8. The Labute approximate surface area is 120 Å². The van der Waals surface area contributed by atoms with Crippen molar-refractivity contribution in [3.05, 3.63) is 29.8 Å². The van der Waals surface area contributed by atoms with Crippen LogP contribution in [0.2, 0.25) is 0 Å². The summed E-state index contributed by atoms with van der Waals surface area (Å²) < 4.78 is 0. The van der Waals surface area contributed by atoms with Gasteiger partial charge >= 0.3 is 5.97 Å². The molecule has 2 aliphatic rings. The van der Waals surface area contributed by atoms with Crippen molar-refractivity contribution in [2.45, 2.75) is 57.4 Å². The number of carboxylic acid groups (broad SMARTS) is 1. The highest BCUT2D eigenvalue weighted by Gasteiger charge is 2.37. The lowest BCUT2D eigenvalue weighted by Crippen LogP contribution is -2.31. The third-order valence-corrected chi connectivity index (χ3v) is 5.21. The van der Waals surface area contributed by atoms with Crippen molar-refractivity contribution >= 4 is 11.7 Å². The van der Waals surface area contributed by atoms with Crippen LogP contribution in [0, 0.1) is 5.41 Å². The molecule has 1 spiro atoms. The number of hydrogen-bond acceptors (Lipinski definition) is 2. The first-order chi connectivity index (χ1) is 9.67. The lowest BCUT2D eigenvalue weighted by atomic mass is 9.71. The van der Waals surface area contributed by atoms with E-state index in [1.165, 1.54) is 51.4 Å². The Balaban J connectivity index is 1.55. The predicted molar refractivity (Wildman–Crippen MR) is 80.2 cm³/mol. The summed E-state index contributed by atoms with van der Waals surface area (Å²) in [7, 11) is 0. The molecule has 0 unspecified atom stereocenters. The molecular weight excluding hydrogens is 250 g/mol. The van der Waals surface area contributed by atoms with Crippen molar-refractivity contribution in [2.24, 2.45) is 5.41 Å². The lowest BCUT2D eigenvalue weighted by molar-refractivity contribution is 0.0697. The molecule has 0 heterocycles. The van der Waals surface area contributed by atoms with Gasteiger partial charge in [0.05, 0.1) is 5.56 Å². The normalized spacial score (nSPS) is 22.0. The molecule has 2 N–H and O–H groups in total. The molecule has 0 radical (unpaired) electrons. The smallest absolute Gasteiger partial charge is 0.335 e. The minimum atomic E-state index is -0.864. The van der Waals surface area contributed by atoms with E-state index in [4.69, 9.17) is 5.11 Å². The molecule has 2 saturated carbocycles. The minimum Gasteiger partial charge on any atom is -0.478 e. The van der Waals surface area contributed by atoms with Crippen LogP contribution in [0.15, 0.2) is 24.3 Å². The van der Waals surface area contributed by atoms with Crippen LogP contribution in [-0.4, -0.2) is 17.1 Å². The van der Waals surface area contributed by atoms with E-state index in [0.29, 0.717) is 17.0 Å². The molecule has 0 atom stereocenters. The summed E-state index contributed by atoms with van der Waals surface area (Å²) in [5.41, 5.74) is 2.07. The Kier molecular flexibility index (Phi) is 3.68. The van der Waals surface area contributed by atoms with Gasteiger partial charge in [-0.15, -0.1) is 0 Å². The summed E-state index contributed by atoms with van der Waals surface area (Å²) in [6.45, 7) is 0. The standard InChI is InChI=1S/C17H23NO2/c19-16(20)13-3-5-14(6-4-13)18-15-7-11-17(12-8-15)9-1-2-10-17/h3-6,15,18H,1-2,7-12H2,(H,19,20). The number of carbonyl (C=O) groups is 1. The minimum absolute atomic E-state index is 0.351. The topological polar surface area (TPSA) is 49.3 Å². The lowest BCUT2D eigenvalue weighted by Gasteiger charge is -2.37. The molecule has 0 aromatic heterocycles. The summed E-state index contributed by atoms with van der Waals surface area (Å²) in [6.07, 6.45) is 10.9. The van der Waals surface area contributed by atoms with Crippen molar-refractivity contribution in [1.82, 2.24) is 0 Å². The first-order valence-electron chi connectivity index (χ1n) is 7.77. The molecule has 0 aliphatic heterocycles. The fraction of sp³-hybridized carbons (Fsp3) is 0.588. The van der Waals surface area contributed by atoms with Gasteiger partial charge in [-0.1, -0.05) is 12.8 Å². The van der Waals surface area contributed by atoms with Gasteiger partial charge in [0.1, 0.15) is 0 Å². The van der Waals surface area contributed by atoms with Crippen LogP contribution in [-0.2, 0) is 0 Å². The van der Waals surface area contributed by atoms with Gasteiger partial charge in [0.2, 0.25) is 0 Å². The molecular formula is C17H23NO2. The highest BCUT2D eigenvalue weighted by Crippen LogP contribution is 2.49. The fourth-order valence-electron chi connectivity index (χ4n) is 3.94. The van der Waals surface area contributed by atoms with Crippen LogP contribution in [0.25, 0.3) is 0 Å². The third-order valence-electron chi connectivity index (χ3n) is 5.21. The molecule has 2 aliphatic carbocycles. The van der Waals surface area contributed by atoms with E-state index >= 15 is 0 Å². The van der Waals surface area contributed by atoms with Gasteiger partial charge in [0.25, 0.3) is 0 Å². The Morgan fingerprint density at radius 2 is 1.65 bits per heavy atom. The van der Waals surface area contributed by atoms with Crippen LogP contribution in [0.3, 0.4) is 0 Å². The Morgan fingerprint density at radius 1 is 1.05 bits per heavy atom. The predicted octanol–water partition coefficient (Wildman–Crippen LogP) is 4.30. The van der Waals surface area contributed by atoms with Crippen molar-refractivity contribution in [2.75, 3.05) is 5.32 Å². The molecule has 108 valence electrons. The van der Waals surface area contributed by atoms with Crippen molar-refractivity contribution in [3.8, 4) is 0 Å². The second-order valence-electron chi connectivity index (χ2n) is 6.51. The largest absolute Gasteiger partial charge is 0.478 e. The highest BCUT2D eigenvalue weighted by atomic mass is 16.4. The molecule has 0 amide bonds. The molecule has 3 heteroatoms. The number of benzene rings is 1. The average Bonchev–Trinajstić information content (AvgIpc) is 2.91. The number of aromatic carboxylic acids is 1. The Hall–Kier alpha value is -1.51. The monoisotopic (exact) mass is 273 g/mol. The number of rotatable bonds is 3. The summed E-state index contributed by atoms with van der Waals surface area (Å²) in [5.74, 6) is -0.864. The zero-order chi connectivity index (χ0) is 14.0. The molecule has 20 heavy (non-hydrogen) atoms. The van der Waals surface area contributed by atoms with E-state index in [1.807, 2.05) is 12.1 Å². The van der Waals surface area contributed by atoms with Gasteiger partial charge in [0.15, 0.2) is 0 Å². The van der Waals surface area contributed by atoms with E-state index in [0.717, 1.165) is 5.69 Å². The van der Waals surface area contributed by atoms with Crippen molar-refractivity contribution < 1.29 is 9.90 Å². The first-order valence-corrected chi connectivity index (χ1v) is 7.77. The first kappa shape index (κ1) is 13.5. The third kappa shape index (κ3) is 2.82. The van der Waals surface area contributed by atoms with Crippen LogP contribution in [0.5, 0.6) is 0 Å². The number of nitrogens with one attached hydrogen (secondary N) is 1. The quantitative estimate of drug-likeness (QED) is 0.863. The Morgan fingerprint density at radius 3 is 2.20 bits per heavy atom. The molecule has 1 aromatic carbocycles. The van der Waals surface area contributed by atoms with E-state index in [1.54, 1.807) is 12.1 Å². The molecule has 3 nitrogen and oxygen atoms in total. The molecule has 1 aromatic rings. The molecule has 0 saturated heterocycles. The maximum absolute atomic E-state index is 10.8. The van der Waals surface area contributed by atoms with E-state index in [2.05, 4.69) is 5.32 Å². The van der Waals surface area contributed by atoms with Gasteiger partial charge in [0, 0.05) is 11.7 Å². The zero-order valence-corrected chi connectivity index (χ0v) is 11.9. The summed E-state index contributed by atoms with van der Waals surface area (Å²) in [5, 5.41) is 12.5. The fourth-order valence-corrected chi connectivity index (χ4v) is 3.94. The highest BCUT2D eigenvalue weighted by molar-refractivity contribution is 5.87. The summed E-state index contributed by atoms with van der Waals surface area (Å²) >= 11 is 0. The molecule has 2 fully saturated rings. The van der Waals surface area contributed by atoms with Crippen LogP contribution in [0.1, 0.15) is 61.7 Å². The number of anilines is 1. The van der Waals surface area contributed by atoms with Crippen LogP contribution < -0.4 is 5.32 Å². The second kappa shape index (κ2) is 5.47. The molecule has 0 bridgehead atoms. The summed E-state index contributed by atoms with van der Waals surface area (Å²) in [6, 6.07) is 7.65. The second-order valence-corrected chi connectivity index (χ2v) is 6.51. The van der Waals surface area contributed by atoms with E-state index < -0.39 is 5.97 Å². The van der Waals surface area contributed by atoms with Gasteiger partial charge in [-0.3, -0.25) is 0 Å². The zero-order valence-electron chi connectivity index (χ0n) is 11.9. The van der Waals surface area contributed by atoms with E-state index in [-0.39, 0.29) is 0 Å². The average molecular weight is 273 g/mol. The maximum atomic E-state index is 10.8. The Bertz CT molecular complexity index is 464. The number of carboxylic acids is 1. The number of hydrogen-bond donors (Lipinski definition) is 2. The van der Waals surface area contributed by atoms with Crippen molar-refractivity contribution in [3.63, 3.8) is 0 Å².